The quantitative estimate of drug-likeness (QED) is 0.715. The lowest BCUT2D eigenvalue weighted by atomic mass is 9.82. The van der Waals surface area contributed by atoms with Crippen molar-refractivity contribution in [1.29, 1.82) is 0 Å². The van der Waals surface area contributed by atoms with Crippen molar-refractivity contribution < 1.29 is 14.6 Å². The van der Waals surface area contributed by atoms with Crippen LogP contribution in [0.3, 0.4) is 0 Å². The monoisotopic (exact) mass is 255 g/mol. The highest BCUT2D eigenvalue weighted by molar-refractivity contribution is 6.42. The summed E-state index contributed by atoms with van der Waals surface area (Å²) in [5, 5.41) is 10.6. The van der Waals surface area contributed by atoms with Gasteiger partial charge in [0.05, 0.1) is 0 Å². The Morgan fingerprint density at radius 1 is 1.65 bits per heavy atom. The average molecular weight is 256 g/mol. The third kappa shape index (κ3) is 1.31. The van der Waals surface area contributed by atoms with Gasteiger partial charge < -0.3 is 14.7 Å². The second-order valence-corrected chi connectivity index (χ2v) is 5.22. The van der Waals surface area contributed by atoms with E-state index in [9.17, 15) is 9.90 Å². The van der Waals surface area contributed by atoms with Crippen molar-refractivity contribution in [2.45, 2.75) is 37.0 Å². The number of hydrogen-bond acceptors (Lipinski definition) is 3. The molecule has 0 saturated carbocycles. The van der Waals surface area contributed by atoms with Gasteiger partial charge in [0.2, 0.25) is 0 Å². The minimum Gasteiger partial charge on any atom is -0.482 e. The molecule has 0 aliphatic carbocycles. The Morgan fingerprint density at radius 3 is 3.12 bits per heavy atom. The maximum Gasteiger partial charge on any atom is 0.269 e. The molecule has 1 N–H and O–H groups in total. The van der Waals surface area contributed by atoms with E-state index in [0.29, 0.717) is 13.0 Å². The number of nitrogens with zero attached hydrogens (tertiary/aromatic N) is 1. The molecule has 0 radical (unpaired) electrons. The van der Waals surface area contributed by atoms with Crippen LogP contribution in [0.25, 0.3) is 0 Å². The molecule has 3 aliphatic rings. The van der Waals surface area contributed by atoms with Crippen molar-refractivity contribution >= 4 is 17.5 Å². The van der Waals surface area contributed by atoms with Crippen LogP contribution in [0.15, 0.2) is 23.4 Å². The zero-order chi connectivity index (χ0) is 12.2. The molecule has 3 rings (SSSR count). The standard InChI is InChI=1S/C12H14ClNO3/c1-2-8-12(16)6-7-4-3-5-14(7)11(15)9(13)10(12)17-8/h2,7-8,16H,1,3-6H2/t7-,8+,12-/m1/s1. The van der Waals surface area contributed by atoms with Gasteiger partial charge >= 0.3 is 0 Å². The minimum atomic E-state index is -1.14. The van der Waals surface area contributed by atoms with Crippen molar-refractivity contribution in [3.63, 3.8) is 0 Å². The van der Waals surface area contributed by atoms with Gasteiger partial charge in [-0.2, -0.15) is 0 Å². The molecule has 0 aromatic carbocycles. The Labute approximate surface area is 104 Å². The van der Waals surface area contributed by atoms with Crippen LogP contribution >= 0.6 is 11.6 Å². The number of ether oxygens (including phenoxy) is 1. The Kier molecular flexibility index (Phi) is 2.28. The summed E-state index contributed by atoms with van der Waals surface area (Å²) in [5.41, 5.74) is -1.14. The van der Waals surface area contributed by atoms with Crippen molar-refractivity contribution in [1.82, 2.24) is 4.90 Å². The molecule has 3 heterocycles. The molecule has 17 heavy (non-hydrogen) atoms. The third-order valence-electron chi connectivity index (χ3n) is 3.89. The molecule has 4 nitrogen and oxygen atoms in total. The molecule has 3 aliphatic heterocycles. The number of halogens is 1. The largest absolute Gasteiger partial charge is 0.482 e. The van der Waals surface area contributed by atoms with Gasteiger partial charge in [0.1, 0.15) is 5.03 Å². The number of carbonyl (C=O) groups excluding carboxylic acids is 1. The first-order valence-corrected chi connectivity index (χ1v) is 6.18. The van der Waals surface area contributed by atoms with Crippen LogP contribution in [0, 0.1) is 0 Å². The molecule has 0 bridgehead atoms. The normalized spacial score (nSPS) is 40.1. The average Bonchev–Trinajstić information content (AvgIpc) is 2.72. The molecule has 0 unspecified atom stereocenters. The van der Waals surface area contributed by atoms with Gasteiger partial charge in [0, 0.05) is 19.0 Å². The third-order valence-corrected chi connectivity index (χ3v) is 4.23. The zero-order valence-corrected chi connectivity index (χ0v) is 10.1. The summed E-state index contributed by atoms with van der Waals surface area (Å²) in [6, 6.07) is 0.0603. The number of rotatable bonds is 1. The lowest BCUT2D eigenvalue weighted by molar-refractivity contribution is -0.165. The molecule has 0 spiro atoms. The molecule has 2 saturated heterocycles. The van der Waals surface area contributed by atoms with Crippen molar-refractivity contribution in [2.75, 3.05) is 6.54 Å². The van der Waals surface area contributed by atoms with Crippen LogP contribution < -0.4 is 0 Å². The summed E-state index contributed by atoms with van der Waals surface area (Å²) in [5.74, 6) is 0.00562. The van der Waals surface area contributed by atoms with E-state index < -0.39 is 11.7 Å². The molecular formula is C12H14ClNO3. The van der Waals surface area contributed by atoms with E-state index in [2.05, 4.69) is 6.58 Å². The van der Waals surface area contributed by atoms with Crippen LogP contribution in [0.1, 0.15) is 19.3 Å². The zero-order valence-electron chi connectivity index (χ0n) is 9.36. The van der Waals surface area contributed by atoms with Gasteiger partial charge in [-0.15, -0.1) is 0 Å². The summed E-state index contributed by atoms with van der Waals surface area (Å²) in [4.78, 5) is 13.8. The highest BCUT2D eigenvalue weighted by atomic mass is 35.5. The molecule has 2 fully saturated rings. The first-order valence-electron chi connectivity index (χ1n) is 5.80. The topological polar surface area (TPSA) is 49.8 Å². The van der Waals surface area contributed by atoms with E-state index in [-0.39, 0.29) is 22.7 Å². The Balaban J connectivity index is 2.04. The first-order chi connectivity index (χ1) is 8.08. The first kappa shape index (κ1) is 11.1. The van der Waals surface area contributed by atoms with E-state index in [0.717, 1.165) is 12.8 Å². The molecule has 5 heteroatoms. The highest BCUT2D eigenvalue weighted by Crippen LogP contribution is 2.48. The predicted molar refractivity (Wildman–Crippen MR) is 62.3 cm³/mol. The van der Waals surface area contributed by atoms with Gasteiger partial charge in [0.15, 0.2) is 17.5 Å². The van der Waals surface area contributed by atoms with Crippen LogP contribution in [-0.4, -0.2) is 40.2 Å². The number of hydrogen-bond donors (Lipinski definition) is 1. The van der Waals surface area contributed by atoms with E-state index in [4.69, 9.17) is 16.3 Å². The molecule has 0 aromatic rings. The van der Waals surface area contributed by atoms with Crippen LogP contribution in [0.4, 0.5) is 0 Å². The fourth-order valence-corrected chi connectivity index (χ4v) is 3.31. The molecular weight excluding hydrogens is 242 g/mol. The molecule has 3 atom stereocenters. The highest BCUT2D eigenvalue weighted by Gasteiger charge is 2.58. The second kappa shape index (κ2) is 3.50. The van der Waals surface area contributed by atoms with E-state index in [1.54, 1.807) is 11.0 Å². The Hall–Kier alpha value is -1.00. The molecule has 0 aromatic heterocycles. The Morgan fingerprint density at radius 2 is 2.41 bits per heavy atom. The van der Waals surface area contributed by atoms with Crippen molar-refractivity contribution in [3.8, 4) is 0 Å². The summed E-state index contributed by atoms with van der Waals surface area (Å²) in [7, 11) is 0. The van der Waals surface area contributed by atoms with Crippen LogP contribution in [0.2, 0.25) is 0 Å². The summed E-state index contributed by atoms with van der Waals surface area (Å²) >= 11 is 6.02. The van der Waals surface area contributed by atoms with E-state index in [1.165, 1.54) is 0 Å². The van der Waals surface area contributed by atoms with Gasteiger partial charge in [0.25, 0.3) is 5.91 Å². The number of fused-ring (bicyclic) bond motifs is 2. The second-order valence-electron chi connectivity index (χ2n) is 4.84. The van der Waals surface area contributed by atoms with Gasteiger partial charge in [-0.3, -0.25) is 4.79 Å². The SMILES string of the molecule is C=C[C@@H]1OC2=C(Cl)C(=O)N3CCC[C@@H]3C[C@]21O. The van der Waals surface area contributed by atoms with E-state index >= 15 is 0 Å². The minimum absolute atomic E-state index is 0.0231. The van der Waals surface area contributed by atoms with Gasteiger partial charge in [-0.05, 0) is 18.9 Å². The lowest BCUT2D eigenvalue weighted by Crippen LogP contribution is -2.56. The smallest absolute Gasteiger partial charge is 0.269 e. The maximum atomic E-state index is 12.1. The number of aliphatic hydroxyl groups is 1. The fourth-order valence-electron chi connectivity index (χ4n) is 2.99. The van der Waals surface area contributed by atoms with Gasteiger partial charge in [-0.25, -0.2) is 0 Å². The lowest BCUT2D eigenvalue weighted by Gasteiger charge is -2.46. The fraction of sp³-hybridized carbons (Fsp3) is 0.583. The van der Waals surface area contributed by atoms with Crippen LogP contribution in [0.5, 0.6) is 0 Å². The molecule has 92 valence electrons. The van der Waals surface area contributed by atoms with Gasteiger partial charge in [-0.1, -0.05) is 18.2 Å². The summed E-state index contributed by atoms with van der Waals surface area (Å²) in [6.45, 7) is 4.34. The van der Waals surface area contributed by atoms with Crippen molar-refractivity contribution in [2.24, 2.45) is 0 Å². The maximum absolute atomic E-state index is 12.1. The predicted octanol–water partition coefficient (Wildman–Crippen LogP) is 1.15. The number of carbonyl (C=O) groups is 1. The van der Waals surface area contributed by atoms with Crippen molar-refractivity contribution in [3.05, 3.63) is 23.4 Å². The van der Waals surface area contributed by atoms with E-state index in [1.807, 2.05) is 0 Å². The van der Waals surface area contributed by atoms with Crippen LogP contribution in [-0.2, 0) is 9.53 Å². The summed E-state index contributed by atoms with van der Waals surface area (Å²) in [6.07, 6.45) is 3.46. The number of amides is 1. The Bertz CT molecular complexity index is 433. The summed E-state index contributed by atoms with van der Waals surface area (Å²) < 4.78 is 5.36. The molecule has 1 amide bonds.